The molecule has 1 aromatic heterocycles. The number of hydrogen-bond donors (Lipinski definition) is 0. The summed E-state index contributed by atoms with van der Waals surface area (Å²) in [5.41, 5.74) is 2.96. The van der Waals surface area contributed by atoms with Gasteiger partial charge in [0.2, 0.25) is 0 Å². The van der Waals surface area contributed by atoms with Crippen LogP contribution in [0.2, 0.25) is 5.02 Å². The average Bonchev–Trinajstić information content (AvgIpc) is 2.53. The lowest BCUT2D eigenvalue weighted by atomic mass is 10.1. The summed E-state index contributed by atoms with van der Waals surface area (Å²) in [6, 6.07) is 4.90. The molecule has 0 atom stereocenters. The number of halogens is 2. The maximum atomic E-state index is 13.7. The summed E-state index contributed by atoms with van der Waals surface area (Å²) < 4.78 is 15.4. The summed E-state index contributed by atoms with van der Waals surface area (Å²) >= 11 is 5.84. The maximum Gasteiger partial charge on any atom is 0.134 e. The van der Waals surface area contributed by atoms with Crippen molar-refractivity contribution in [3.8, 4) is 11.3 Å². The fourth-order valence-electron chi connectivity index (χ4n) is 1.55. The molecule has 0 amide bonds. The van der Waals surface area contributed by atoms with Crippen molar-refractivity contribution in [3.63, 3.8) is 0 Å². The molecule has 0 spiro atoms. The Morgan fingerprint density at radius 3 is 2.50 bits per heavy atom. The zero-order valence-corrected chi connectivity index (χ0v) is 10.1. The lowest BCUT2D eigenvalue weighted by molar-refractivity contribution is 0.629. The third-order valence-electron chi connectivity index (χ3n) is 2.64. The van der Waals surface area contributed by atoms with Crippen LogP contribution in [0.25, 0.3) is 11.3 Å². The van der Waals surface area contributed by atoms with Gasteiger partial charge in [-0.05, 0) is 37.6 Å². The van der Waals surface area contributed by atoms with E-state index in [2.05, 4.69) is 5.10 Å². The first-order chi connectivity index (χ1) is 7.49. The number of hydrogen-bond acceptors (Lipinski definition) is 1. The molecule has 16 heavy (non-hydrogen) atoms. The van der Waals surface area contributed by atoms with Crippen LogP contribution in [0.5, 0.6) is 0 Å². The van der Waals surface area contributed by atoms with Gasteiger partial charge in [-0.3, -0.25) is 4.68 Å². The highest BCUT2D eigenvalue weighted by Crippen LogP contribution is 2.27. The number of nitrogens with zero attached hydrogens (tertiary/aromatic N) is 2. The van der Waals surface area contributed by atoms with Crippen molar-refractivity contribution in [2.75, 3.05) is 0 Å². The van der Waals surface area contributed by atoms with E-state index in [1.54, 1.807) is 10.7 Å². The van der Waals surface area contributed by atoms with Crippen LogP contribution in [0.15, 0.2) is 18.2 Å². The summed E-state index contributed by atoms with van der Waals surface area (Å²) in [6.45, 7) is 3.78. The predicted molar refractivity (Wildman–Crippen MR) is 63.1 cm³/mol. The smallest absolute Gasteiger partial charge is 0.134 e. The van der Waals surface area contributed by atoms with Gasteiger partial charge in [-0.25, -0.2) is 4.39 Å². The Hall–Kier alpha value is -1.35. The molecule has 0 saturated heterocycles. The van der Waals surface area contributed by atoms with Crippen LogP contribution in [0.3, 0.4) is 0 Å². The van der Waals surface area contributed by atoms with Gasteiger partial charge >= 0.3 is 0 Å². The first-order valence-corrected chi connectivity index (χ1v) is 5.33. The van der Waals surface area contributed by atoms with Crippen LogP contribution >= 0.6 is 11.6 Å². The van der Waals surface area contributed by atoms with Crippen molar-refractivity contribution in [3.05, 3.63) is 40.3 Å². The largest absolute Gasteiger partial charge is 0.272 e. The van der Waals surface area contributed by atoms with Gasteiger partial charge in [0, 0.05) is 23.3 Å². The minimum atomic E-state index is -0.339. The zero-order valence-electron chi connectivity index (χ0n) is 9.38. The topological polar surface area (TPSA) is 17.8 Å². The molecule has 0 aliphatic heterocycles. The standard InChI is InChI=1S/C12H12ClFN2/c1-7-4-9(11(14)6-10(7)13)12-5-8(2)16(3)15-12/h4-6H,1-3H3. The Morgan fingerprint density at radius 2 is 1.94 bits per heavy atom. The quantitative estimate of drug-likeness (QED) is 0.744. The van der Waals surface area contributed by atoms with Gasteiger partial charge < -0.3 is 0 Å². The van der Waals surface area contributed by atoms with Gasteiger partial charge in [-0.15, -0.1) is 0 Å². The minimum absolute atomic E-state index is 0.339. The first kappa shape index (κ1) is 11.1. The molecule has 4 heteroatoms. The van der Waals surface area contributed by atoms with Crippen LogP contribution in [-0.4, -0.2) is 9.78 Å². The highest BCUT2D eigenvalue weighted by atomic mass is 35.5. The van der Waals surface area contributed by atoms with E-state index in [-0.39, 0.29) is 5.82 Å². The molecule has 1 heterocycles. The molecule has 0 saturated carbocycles. The monoisotopic (exact) mass is 238 g/mol. The van der Waals surface area contributed by atoms with Crippen LogP contribution in [-0.2, 0) is 7.05 Å². The molecule has 2 aromatic rings. The molecular weight excluding hydrogens is 227 g/mol. The van der Waals surface area contributed by atoms with E-state index in [0.717, 1.165) is 11.3 Å². The molecule has 0 unspecified atom stereocenters. The molecule has 0 radical (unpaired) electrons. The summed E-state index contributed by atoms with van der Waals surface area (Å²) in [7, 11) is 1.83. The summed E-state index contributed by atoms with van der Waals surface area (Å²) in [4.78, 5) is 0. The van der Waals surface area contributed by atoms with Crippen molar-refractivity contribution in [2.45, 2.75) is 13.8 Å². The second kappa shape index (κ2) is 3.91. The third-order valence-corrected chi connectivity index (χ3v) is 3.05. The second-order valence-electron chi connectivity index (χ2n) is 3.88. The highest BCUT2D eigenvalue weighted by molar-refractivity contribution is 6.31. The molecule has 1 aromatic carbocycles. The minimum Gasteiger partial charge on any atom is -0.272 e. The fourth-order valence-corrected chi connectivity index (χ4v) is 1.70. The SMILES string of the molecule is Cc1cc(-c2cc(C)n(C)n2)c(F)cc1Cl. The molecule has 84 valence electrons. The maximum absolute atomic E-state index is 13.7. The number of aromatic nitrogens is 2. The molecule has 0 N–H and O–H groups in total. The van der Waals surface area contributed by atoms with Gasteiger partial charge in [-0.2, -0.15) is 5.10 Å². The Bertz CT molecular complexity index is 527. The van der Waals surface area contributed by atoms with Crippen molar-refractivity contribution >= 4 is 11.6 Å². The zero-order chi connectivity index (χ0) is 11.9. The average molecular weight is 239 g/mol. The van der Waals surface area contributed by atoms with Crippen molar-refractivity contribution < 1.29 is 4.39 Å². The van der Waals surface area contributed by atoms with E-state index < -0.39 is 0 Å². The Labute approximate surface area is 98.7 Å². The van der Waals surface area contributed by atoms with E-state index in [0.29, 0.717) is 16.3 Å². The molecule has 0 aliphatic rings. The first-order valence-electron chi connectivity index (χ1n) is 4.95. The van der Waals surface area contributed by atoms with Gasteiger partial charge in [0.25, 0.3) is 0 Å². The number of benzene rings is 1. The second-order valence-corrected chi connectivity index (χ2v) is 4.28. The highest BCUT2D eigenvalue weighted by Gasteiger charge is 2.11. The Morgan fingerprint density at radius 1 is 1.25 bits per heavy atom. The predicted octanol–water partition coefficient (Wildman–Crippen LogP) is 3.50. The van der Waals surface area contributed by atoms with E-state index in [1.807, 2.05) is 27.0 Å². The third kappa shape index (κ3) is 1.83. The molecular formula is C12H12ClFN2. The molecule has 2 nitrogen and oxygen atoms in total. The van der Waals surface area contributed by atoms with E-state index >= 15 is 0 Å². The van der Waals surface area contributed by atoms with E-state index in [1.165, 1.54) is 6.07 Å². The molecule has 2 rings (SSSR count). The van der Waals surface area contributed by atoms with Gasteiger partial charge in [0.05, 0.1) is 5.69 Å². The van der Waals surface area contributed by atoms with Crippen LogP contribution in [0.4, 0.5) is 4.39 Å². The van der Waals surface area contributed by atoms with E-state index in [4.69, 9.17) is 11.6 Å². The number of rotatable bonds is 1. The Kier molecular flexibility index (Phi) is 2.72. The van der Waals surface area contributed by atoms with Crippen molar-refractivity contribution in [1.82, 2.24) is 9.78 Å². The van der Waals surface area contributed by atoms with Gasteiger partial charge in [-0.1, -0.05) is 11.6 Å². The van der Waals surface area contributed by atoms with Gasteiger partial charge in [0.15, 0.2) is 0 Å². The van der Waals surface area contributed by atoms with Crippen molar-refractivity contribution in [1.29, 1.82) is 0 Å². The summed E-state index contributed by atoms with van der Waals surface area (Å²) in [5, 5.41) is 4.68. The molecule has 0 fully saturated rings. The van der Waals surface area contributed by atoms with Crippen molar-refractivity contribution in [2.24, 2.45) is 7.05 Å². The normalized spacial score (nSPS) is 10.8. The van der Waals surface area contributed by atoms with E-state index in [9.17, 15) is 4.39 Å². The lowest BCUT2D eigenvalue weighted by Crippen LogP contribution is -1.93. The fraction of sp³-hybridized carbons (Fsp3) is 0.250. The summed E-state index contributed by atoms with van der Waals surface area (Å²) in [5.74, 6) is -0.339. The lowest BCUT2D eigenvalue weighted by Gasteiger charge is -2.03. The van der Waals surface area contributed by atoms with Crippen LogP contribution in [0.1, 0.15) is 11.3 Å². The summed E-state index contributed by atoms with van der Waals surface area (Å²) in [6.07, 6.45) is 0. The number of aryl methyl sites for hydroxylation is 3. The molecule has 0 bridgehead atoms. The Balaban J connectivity index is 2.60. The van der Waals surface area contributed by atoms with Crippen LogP contribution in [0, 0.1) is 19.7 Å². The van der Waals surface area contributed by atoms with Gasteiger partial charge in [0.1, 0.15) is 5.82 Å². The molecule has 0 aliphatic carbocycles. The van der Waals surface area contributed by atoms with Crippen LogP contribution < -0.4 is 0 Å².